The van der Waals surface area contributed by atoms with Gasteiger partial charge in [-0.25, -0.2) is 4.39 Å². The van der Waals surface area contributed by atoms with Crippen molar-refractivity contribution >= 4 is 0 Å². The van der Waals surface area contributed by atoms with Gasteiger partial charge in [0.05, 0.1) is 5.56 Å². The normalized spacial score (nSPS) is 10.1. The minimum Gasteiger partial charge on any atom is -0.483 e. The molecule has 3 aromatic carbocycles. The molecule has 0 fully saturated rings. The molecule has 31 heavy (non-hydrogen) atoms. The van der Waals surface area contributed by atoms with Crippen LogP contribution in [0.1, 0.15) is 22.4 Å². The van der Waals surface area contributed by atoms with Gasteiger partial charge in [0, 0.05) is 6.07 Å². The van der Waals surface area contributed by atoms with E-state index in [1.807, 2.05) is 60.7 Å². The van der Waals surface area contributed by atoms with Crippen LogP contribution in [0.4, 0.5) is 4.39 Å². The van der Waals surface area contributed by atoms with Crippen LogP contribution in [0, 0.1) is 17.7 Å². The lowest BCUT2D eigenvalue weighted by Crippen LogP contribution is -2.04. The van der Waals surface area contributed by atoms with Crippen molar-refractivity contribution in [1.82, 2.24) is 10.2 Å². The maximum atomic E-state index is 13.8. The lowest BCUT2D eigenvalue weighted by atomic mass is 10.2. The second-order valence-electron chi connectivity index (χ2n) is 6.68. The first-order valence-corrected chi connectivity index (χ1v) is 9.75. The number of hydrogen-bond donors (Lipinski definition) is 0. The van der Waals surface area contributed by atoms with Crippen LogP contribution < -0.4 is 9.47 Å². The molecule has 4 aromatic rings. The highest BCUT2D eigenvalue weighted by molar-refractivity contribution is 5.44. The largest absolute Gasteiger partial charge is 0.483 e. The predicted octanol–water partition coefficient (Wildman–Crippen LogP) is 5.17. The van der Waals surface area contributed by atoms with E-state index in [0.717, 1.165) is 11.1 Å². The maximum Gasteiger partial charge on any atom is 0.276 e. The van der Waals surface area contributed by atoms with E-state index in [1.54, 1.807) is 24.3 Å². The van der Waals surface area contributed by atoms with Crippen molar-refractivity contribution in [1.29, 1.82) is 0 Å². The lowest BCUT2D eigenvalue weighted by molar-refractivity contribution is 0.244. The smallest absolute Gasteiger partial charge is 0.276 e. The highest BCUT2D eigenvalue weighted by Gasteiger charge is 2.11. The average Bonchev–Trinajstić information content (AvgIpc) is 2.83. The summed E-state index contributed by atoms with van der Waals surface area (Å²) in [6.45, 7) is 0.673. The van der Waals surface area contributed by atoms with Gasteiger partial charge in [0.2, 0.25) is 0 Å². The number of hydrogen-bond acceptors (Lipinski definition) is 4. The molecule has 0 aliphatic carbocycles. The van der Waals surface area contributed by atoms with Crippen molar-refractivity contribution in [3.05, 3.63) is 119 Å². The molecule has 0 saturated carbocycles. The molecule has 4 nitrogen and oxygen atoms in total. The first-order valence-electron chi connectivity index (χ1n) is 9.75. The Labute approximate surface area is 180 Å². The third-order valence-electron chi connectivity index (χ3n) is 4.38. The summed E-state index contributed by atoms with van der Waals surface area (Å²) in [5.41, 5.74) is 2.66. The van der Waals surface area contributed by atoms with Gasteiger partial charge >= 0.3 is 0 Å². The summed E-state index contributed by atoms with van der Waals surface area (Å²) in [6.07, 6.45) is 0. The van der Waals surface area contributed by atoms with Gasteiger partial charge in [0.25, 0.3) is 5.88 Å². The Kier molecular flexibility index (Phi) is 6.51. The number of ether oxygens (including phenoxy) is 2. The number of nitrogens with zero attached hydrogens (tertiary/aromatic N) is 2. The molecule has 5 heteroatoms. The summed E-state index contributed by atoms with van der Waals surface area (Å²) in [4.78, 5) is 0. The minimum atomic E-state index is -0.383. The molecular weight excluding hydrogens is 391 g/mol. The molecule has 0 radical (unpaired) electrons. The minimum absolute atomic E-state index is 0.274. The predicted molar refractivity (Wildman–Crippen MR) is 116 cm³/mol. The van der Waals surface area contributed by atoms with Gasteiger partial charge in [0.1, 0.15) is 24.7 Å². The van der Waals surface area contributed by atoms with Crippen molar-refractivity contribution in [2.45, 2.75) is 13.2 Å². The summed E-state index contributed by atoms with van der Waals surface area (Å²) in [5, 5.41) is 8.25. The summed E-state index contributed by atoms with van der Waals surface area (Å²) in [6, 6.07) is 27.5. The highest BCUT2D eigenvalue weighted by atomic mass is 19.1. The average molecular weight is 410 g/mol. The summed E-state index contributed by atoms with van der Waals surface area (Å²) in [7, 11) is 0. The molecule has 1 aromatic heterocycles. The molecule has 0 amide bonds. The Morgan fingerprint density at radius 2 is 1.29 bits per heavy atom. The lowest BCUT2D eigenvalue weighted by Gasteiger charge is -2.11. The van der Waals surface area contributed by atoms with Gasteiger partial charge in [-0.05, 0) is 29.2 Å². The van der Waals surface area contributed by atoms with Crippen LogP contribution in [0.15, 0.2) is 91.0 Å². The Balaban J connectivity index is 1.57. The van der Waals surface area contributed by atoms with Gasteiger partial charge < -0.3 is 9.47 Å². The van der Waals surface area contributed by atoms with E-state index < -0.39 is 0 Å². The number of aromatic nitrogens is 2. The standard InChI is InChI=1S/C26H19FN2O2/c27-24-14-8-7-13-22(24)15-16-23-17-25(30-18-20-9-3-1-4-10-20)26(29-28-23)31-19-21-11-5-2-6-12-21/h1-14,17H,18-19H2. The van der Waals surface area contributed by atoms with E-state index in [2.05, 4.69) is 22.0 Å². The van der Waals surface area contributed by atoms with Crippen LogP contribution in [0.3, 0.4) is 0 Å². The van der Waals surface area contributed by atoms with Gasteiger partial charge in [-0.2, -0.15) is 0 Å². The zero-order chi connectivity index (χ0) is 21.3. The fourth-order valence-corrected chi connectivity index (χ4v) is 2.78. The van der Waals surface area contributed by atoms with Crippen LogP contribution in [-0.4, -0.2) is 10.2 Å². The van der Waals surface area contributed by atoms with Crippen molar-refractivity contribution in [3.8, 4) is 23.5 Å². The topological polar surface area (TPSA) is 44.2 Å². The number of halogens is 1. The second kappa shape index (κ2) is 10.0. The van der Waals surface area contributed by atoms with E-state index in [0.29, 0.717) is 30.2 Å². The molecule has 4 rings (SSSR count). The third kappa shape index (κ3) is 5.68. The third-order valence-corrected chi connectivity index (χ3v) is 4.38. The van der Waals surface area contributed by atoms with E-state index in [-0.39, 0.29) is 11.7 Å². The highest BCUT2D eigenvalue weighted by Crippen LogP contribution is 2.26. The number of rotatable bonds is 6. The molecule has 0 aliphatic rings. The van der Waals surface area contributed by atoms with Crippen molar-refractivity contribution < 1.29 is 13.9 Å². The summed E-state index contributed by atoms with van der Waals surface area (Å²) < 4.78 is 25.6. The van der Waals surface area contributed by atoms with E-state index in [4.69, 9.17) is 9.47 Å². The van der Waals surface area contributed by atoms with Gasteiger partial charge in [0.15, 0.2) is 5.75 Å². The van der Waals surface area contributed by atoms with Gasteiger partial charge in [-0.1, -0.05) is 78.7 Å². The molecule has 0 N–H and O–H groups in total. The fourth-order valence-electron chi connectivity index (χ4n) is 2.78. The molecule has 0 spiro atoms. The Hall–Kier alpha value is -4.17. The molecule has 0 saturated heterocycles. The molecule has 0 unspecified atom stereocenters. The van der Waals surface area contributed by atoms with Crippen molar-refractivity contribution in [2.75, 3.05) is 0 Å². The molecule has 0 atom stereocenters. The van der Waals surface area contributed by atoms with Gasteiger partial charge in [-0.3, -0.25) is 0 Å². The van der Waals surface area contributed by atoms with Crippen LogP contribution in [0.25, 0.3) is 0 Å². The van der Waals surface area contributed by atoms with Crippen LogP contribution >= 0.6 is 0 Å². The summed E-state index contributed by atoms with van der Waals surface area (Å²) >= 11 is 0. The number of benzene rings is 3. The Morgan fingerprint density at radius 1 is 0.677 bits per heavy atom. The Bertz CT molecular complexity index is 1200. The van der Waals surface area contributed by atoms with Gasteiger partial charge in [-0.15, -0.1) is 10.2 Å². The first-order chi connectivity index (χ1) is 15.3. The summed E-state index contributed by atoms with van der Waals surface area (Å²) in [5.74, 6) is 5.94. The van der Waals surface area contributed by atoms with Crippen molar-refractivity contribution in [3.63, 3.8) is 0 Å². The monoisotopic (exact) mass is 410 g/mol. The first kappa shape index (κ1) is 20.1. The molecule has 1 heterocycles. The van der Waals surface area contributed by atoms with E-state index in [1.165, 1.54) is 6.07 Å². The molecular formula is C26H19FN2O2. The van der Waals surface area contributed by atoms with Crippen molar-refractivity contribution in [2.24, 2.45) is 0 Å². The second-order valence-corrected chi connectivity index (χ2v) is 6.68. The van der Waals surface area contributed by atoms with E-state index >= 15 is 0 Å². The quantitative estimate of drug-likeness (QED) is 0.411. The zero-order valence-corrected chi connectivity index (χ0v) is 16.7. The van der Waals surface area contributed by atoms with Crippen LogP contribution in [0.5, 0.6) is 11.6 Å². The van der Waals surface area contributed by atoms with Crippen LogP contribution in [-0.2, 0) is 13.2 Å². The molecule has 152 valence electrons. The zero-order valence-electron chi connectivity index (χ0n) is 16.7. The molecule has 0 aliphatic heterocycles. The fraction of sp³-hybridized carbons (Fsp3) is 0.0769. The maximum absolute atomic E-state index is 13.8. The van der Waals surface area contributed by atoms with Crippen LogP contribution in [0.2, 0.25) is 0 Å². The SMILES string of the molecule is Fc1ccccc1C#Cc1cc(OCc2ccccc2)c(OCc2ccccc2)nn1. The van der Waals surface area contributed by atoms with E-state index in [9.17, 15) is 4.39 Å². The Morgan fingerprint density at radius 3 is 1.97 bits per heavy atom. The molecule has 0 bridgehead atoms.